The molecule has 0 aliphatic carbocycles. The maximum Gasteiger partial charge on any atom is 0.324 e. The second-order valence-electron chi connectivity index (χ2n) is 9.10. The van der Waals surface area contributed by atoms with Crippen molar-refractivity contribution in [1.82, 2.24) is 4.90 Å². The molecule has 0 radical (unpaired) electrons. The van der Waals surface area contributed by atoms with E-state index in [0.29, 0.717) is 6.42 Å². The largest absolute Gasteiger partial charge is 0.480 e. The lowest BCUT2D eigenvalue weighted by molar-refractivity contribution is -0.147. The fourth-order valence-corrected chi connectivity index (χ4v) is 4.57. The number of carboxylic acid groups (broad SMARTS) is 1. The summed E-state index contributed by atoms with van der Waals surface area (Å²) in [7, 11) is -4.97. The van der Waals surface area contributed by atoms with Gasteiger partial charge in [-0.3, -0.25) is 14.1 Å². The van der Waals surface area contributed by atoms with Gasteiger partial charge in [0.25, 0.3) is 10.1 Å². The van der Waals surface area contributed by atoms with Gasteiger partial charge in [0.05, 0.1) is 13.0 Å². The van der Waals surface area contributed by atoms with E-state index in [1.807, 2.05) is 0 Å². The SMILES string of the molecule is CCCCCCCCCCCCCCCCCCN(C(=O)CC(C(=O)O)S(=O)(=O)O)C(O)CO. The normalized spacial score (nSPS) is 13.5. The van der Waals surface area contributed by atoms with Crippen molar-refractivity contribution >= 4 is 22.0 Å². The van der Waals surface area contributed by atoms with E-state index < -0.39 is 46.5 Å². The minimum Gasteiger partial charge on any atom is -0.480 e. The number of hydrogen-bond acceptors (Lipinski definition) is 6. The molecule has 202 valence electrons. The number of nitrogens with zero attached hydrogens (tertiary/aromatic N) is 1. The smallest absolute Gasteiger partial charge is 0.324 e. The number of aliphatic hydroxyl groups is 2. The first-order valence-corrected chi connectivity index (χ1v) is 14.4. The number of rotatable bonds is 23. The van der Waals surface area contributed by atoms with Gasteiger partial charge in [-0.1, -0.05) is 103 Å². The molecule has 34 heavy (non-hydrogen) atoms. The summed E-state index contributed by atoms with van der Waals surface area (Å²) in [5.41, 5.74) is 0. The summed E-state index contributed by atoms with van der Waals surface area (Å²) >= 11 is 0. The number of carbonyl (C=O) groups excluding carboxylic acids is 1. The molecule has 10 heteroatoms. The van der Waals surface area contributed by atoms with Crippen LogP contribution in [0.1, 0.15) is 116 Å². The van der Waals surface area contributed by atoms with E-state index in [9.17, 15) is 23.1 Å². The van der Waals surface area contributed by atoms with E-state index >= 15 is 0 Å². The average Bonchev–Trinajstić information content (AvgIpc) is 2.78. The summed E-state index contributed by atoms with van der Waals surface area (Å²) in [6, 6.07) is 0. The molecule has 2 unspecified atom stereocenters. The van der Waals surface area contributed by atoms with Crippen LogP contribution in [0, 0.1) is 0 Å². The third-order valence-electron chi connectivity index (χ3n) is 6.09. The van der Waals surface area contributed by atoms with Crippen molar-refractivity contribution in [3.05, 3.63) is 0 Å². The van der Waals surface area contributed by atoms with Crippen LogP contribution in [-0.2, 0) is 19.7 Å². The van der Waals surface area contributed by atoms with Gasteiger partial charge in [-0.05, 0) is 6.42 Å². The summed E-state index contributed by atoms with van der Waals surface area (Å²) in [6.45, 7) is 1.55. The maximum atomic E-state index is 12.3. The van der Waals surface area contributed by atoms with Crippen molar-refractivity contribution in [1.29, 1.82) is 0 Å². The Morgan fingerprint density at radius 3 is 1.47 bits per heavy atom. The second kappa shape index (κ2) is 20.0. The first-order valence-electron chi connectivity index (χ1n) is 12.9. The Morgan fingerprint density at radius 1 is 0.765 bits per heavy atom. The number of aliphatic carboxylic acids is 1. The van der Waals surface area contributed by atoms with Gasteiger partial charge in [0.2, 0.25) is 5.91 Å². The maximum absolute atomic E-state index is 12.3. The molecule has 0 aliphatic rings. The fourth-order valence-electron chi connectivity index (χ4n) is 3.96. The quantitative estimate of drug-likeness (QED) is 0.0911. The van der Waals surface area contributed by atoms with Crippen LogP contribution in [0.15, 0.2) is 0 Å². The molecule has 0 spiro atoms. The molecule has 2 atom stereocenters. The lowest BCUT2D eigenvalue weighted by Gasteiger charge is -2.27. The van der Waals surface area contributed by atoms with Crippen LogP contribution in [0.4, 0.5) is 0 Å². The van der Waals surface area contributed by atoms with Crippen LogP contribution >= 0.6 is 0 Å². The summed E-state index contributed by atoms with van der Waals surface area (Å²) < 4.78 is 31.4. The highest BCUT2D eigenvalue weighted by Gasteiger charge is 2.35. The van der Waals surface area contributed by atoms with E-state index in [1.165, 1.54) is 70.6 Å². The van der Waals surface area contributed by atoms with Crippen molar-refractivity contribution in [2.45, 2.75) is 128 Å². The highest BCUT2D eigenvalue weighted by atomic mass is 32.2. The van der Waals surface area contributed by atoms with Gasteiger partial charge in [0.15, 0.2) is 11.5 Å². The number of unbranched alkanes of at least 4 members (excludes halogenated alkanes) is 15. The summed E-state index contributed by atoms with van der Waals surface area (Å²) in [4.78, 5) is 24.2. The summed E-state index contributed by atoms with van der Waals surface area (Å²) in [5.74, 6) is -2.80. The molecule has 4 N–H and O–H groups in total. The minimum absolute atomic E-state index is 0.0663. The zero-order chi connectivity index (χ0) is 25.8. The van der Waals surface area contributed by atoms with E-state index in [-0.39, 0.29) is 6.54 Å². The Morgan fingerprint density at radius 2 is 1.15 bits per heavy atom. The van der Waals surface area contributed by atoms with Gasteiger partial charge in [0.1, 0.15) is 0 Å². The van der Waals surface area contributed by atoms with Crippen LogP contribution in [0.5, 0.6) is 0 Å². The molecular formula is C24H47NO8S. The molecular weight excluding hydrogens is 462 g/mol. The van der Waals surface area contributed by atoms with E-state index in [0.717, 1.165) is 30.6 Å². The molecule has 0 saturated carbocycles. The topological polar surface area (TPSA) is 152 Å². The predicted molar refractivity (Wildman–Crippen MR) is 132 cm³/mol. The van der Waals surface area contributed by atoms with Crippen LogP contribution in [0.3, 0.4) is 0 Å². The Balaban J connectivity index is 3.97. The highest BCUT2D eigenvalue weighted by molar-refractivity contribution is 7.87. The molecule has 0 bridgehead atoms. The Bertz CT molecular complexity index is 641. The van der Waals surface area contributed by atoms with Crippen LogP contribution < -0.4 is 0 Å². The number of carbonyl (C=O) groups is 2. The van der Waals surface area contributed by atoms with Gasteiger partial charge in [-0.2, -0.15) is 8.42 Å². The fraction of sp³-hybridized carbons (Fsp3) is 0.917. The zero-order valence-corrected chi connectivity index (χ0v) is 21.7. The van der Waals surface area contributed by atoms with E-state index in [2.05, 4.69) is 6.92 Å². The second-order valence-corrected chi connectivity index (χ2v) is 10.7. The predicted octanol–water partition coefficient (Wildman–Crippen LogP) is 4.12. The third-order valence-corrected chi connectivity index (χ3v) is 7.18. The Kier molecular flexibility index (Phi) is 19.3. The van der Waals surface area contributed by atoms with Crippen molar-refractivity contribution in [3.8, 4) is 0 Å². The highest BCUT2D eigenvalue weighted by Crippen LogP contribution is 2.15. The molecule has 0 heterocycles. The number of carboxylic acids is 1. The van der Waals surface area contributed by atoms with Crippen LogP contribution in [0.25, 0.3) is 0 Å². The van der Waals surface area contributed by atoms with Gasteiger partial charge < -0.3 is 20.2 Å². The molecule has 0 aromatic heterocycles. The number of aliphatic hydroxyl groups excluding tert-OH is 2. The van der Waals surface area contributed by atoms with Crippen molar-refractivity contribution in [2.75, 3.05) is 13.2 Å². The van der Waals surface area contributed by atoms with Gasteiger partial charge >= 0.3 is 5.97 Å². The van der Waals surface area contributed by atoms with Crippen molar-refractivity contribution in [3.63, 3.8) is 0 Å². The van der Waals surface area contributed by atoms with Gasteiger partial charge in [-0.25, -0.2) is 0 Å². The monoisotopic (exact) mass is 509 g/mol. The molecule has 9 nitrogen and oxygen atoms in total. The lowest BCUT2D eigenvalue weighted by atomic mass is 10.0. The molecule has 1 amide bonds. The Labute approximate surface area is 205 Å². The van der Waals surface area contributed by atoms with Crippen molar-refractivity contribution in [2.24, 2.45) is 0 Å². The summed E-state index contributed by atoms with van der Waals surface area (Å²) in [6.07, 6.45) is 16.4. The van der Waals surface area contributed by atoms with Crippen LogP contribution in [-0.4, -0.2) is 69.7 Å². The standard InChI is InChI=1S/C24H47NO8S/c1-2-3-4-5-6-7-8-9-10-11-12-13-14-15-16-17-18-25(23(28)20-26)22(27)19-21(24(29)30)34(31,32)33/h21,23,26,28H,2-20H2,1H3,(H,29,30)(H,31,32,33). The third kappa shape index (κ3) is 16.4. The number of hydrogen-bond donors (Lipinski definition) is 4. The number of amides is 1. The lowest BCUT2D eigenvalue weighted by Crippen LogP contribution is -2.46. The first-order chi connectivity index (χ1) is 16.1. The molecule has 0 aromatic rings. The molecule has 0 fully saturated rings. The molecule has 0 rings (SSSR count). The summed E-state index contributed by atoms with van der Waals surface area (Å²) in [5, 5.41) is 25.7. The van der Waals surface area contributed by atoms with Gasteiger partial charge in [0, 0.05) is 6.54 Å². The van der Waals surface area contributed by atoms with Crippen LogP contribution in [0.2, 0.25) is 0 Å². The molecule has 0 saturated heterocycles. The molecule has 0 aliphatic heterocycles. The first kappa shape index (κ1) is 32.8. The van der Waals surface area contributed by atoms with E-state index in [4.69, 9.17) is 14.8 Å². The average molecular weight is 510 g/mol. The Hall–Kier alpha value is -1.23. The van der Waals surface area contributed by atoms with E-state index in [1.54, 1.807) is 0 Å². The minimum atomic E-state index is -4.97. The van der Waals surface area contributed by atoms with Gasteiger partial charge in [-0.15, -0.1) is 0 Å². The van der Waals surface area contributed by atoms with Crippen molar-refractivity contribution < 1.29 is 37.9 Å². The zero-order valence-electron chi connectivity index (χ0n) is 20.9. The molecule has 0 aromatic carbocycles.